The minimum atomic E-state index is 0.406. The van der Waals surface area contributed by atoms with E-state index in [1.54, 1.807) is 0 Å². The molecule has 4 nitrogen and oxygen atoms in total. The monoisotopic (exact) mass is 254 g/mol. The van der Waals surface area contributed by atoms with E-state index >= 15 is 0 Å². The minimum absolute atomic E-state index is 0.406. The Kier molecular flexibility index (Phi) is 4.34. The molecule has 1 saturated heterocycles. The topological polar surface area (TPSA) is 55.0 Å². The van der Waals surface area contributed by atoms with Crippen molar-refractivity contribution in [2.24, 2.45) is 5.73 Å². The van der Waals surface area contributed by atoms with Gasteiger partial charge in [-0.1, -0.05) is 26.7 Å². The number of hydrogen-bond acceptors (Lipinski definition) is 5. The molecule has 2 N–H and O–H groups in total. The summed E-state index contributed by atoms with van der Waals surface area (Å²) in [6, 6.07) is 0.450. The zero-order chi connectivity index (χ0) is 12.3. The van der Waals surface area contributed by atoms with Crippen LogP contribution in [-0.2, 0) is 0 Å². The van der Waals surface area contributed by atoms with Crippen LogP contribution in [0.25, 0.3) is 0 Å². The second-order valence-electron chi connectivity index (χ2n) is 5.02. The third kappa shape index (κ3) is 2.96. The summed E-state index contributed by atoms with van der Waals surface area (Å²) in [5.74, 6) is 1.37. The van der Waals surface area contributed by atoms with Crippen molar-refractivity contribution in [3.63, 3.8) is 0 Å². The molecule has 0 spiro atoms. The van der Waals surface area contributed by atoms with Crippen molar-refractivity contribution in [1.82, 2.24) is 9.36 Å². The lowest BCUT2D eigenvalue weighted by Crippen LogP contribution is -2.40. The van der Waals surface area contributed by atoms with Gasteiger partial charge >= 0.3 is 0 Å². The molecular formula is C12H22N4S. The van der Waals surface area contributed by atoms with Crippen LogP contribution in [0.15, 0.2) is 0 Å². The molecule has 2 heterocycles. The summed E-state index contributed by atoms with van der Waals surface area (Å²) in [5.41, 5.74) is 5.88. The second-order valence-corrected chi connectivity index (χ2v) is 5.75. The molecule has 96 valence electrons. The van der Waals surface area contributed by atoms with Crippen LogP contribution < -0.4 is 10.6 Å². The molecule has 0 saturated carbocycles. The molecule has 1 atom stereocenters. The van der Waals surface area contributed by atoms with Gasteiger partial charge in [-0.25, -0.2) is 4.98 Å². The molecule has 1 aliphatic rings. The third-order valence-electron chi connectivity index (χ3n) is 3.34. The summed E-state index contributed by atoms with van der Waals surface area (Å²) >= 11 is 1.52. The highest BCUT2D eigenvalue weighted by Crippen LogP contribution is 2.27. The summed E-state index contributed by atoms with van der Waals surface area (Å²) in [6.45, 7) is 6.06. The van der Waals surface area contributed by atoms with Crippen LogP contribution >= 0.6 is 11.5 Å². The fourth-order valence-electron chi connectivity index (χ4n) is 2.25. The number of aromatic nitrogens is 2. The Labute approximate surface area is 107 Å². The summed E-state index contributed by atoms with van der Waals surface area (Å²) in [4.78, 5) is 7.02. The van der Waals surface area contributed by atoms with Crippen LogP contribution in [0.3, 0.4) is 0 Å². The second kappa shape index (κ2) is 5.78. The van der Waals surface area contributed by atoms with Crippen molar-refractivity contribution in [3.8, 4) is 0 Å². The Bertz CT molecular complexity index is 350. The van der Waals surface area contributed by atoms with Crippen LogP contribution in [0.1, 0.15) is 51.3 Å². The summed E-state index contributed by atoms with van der Waals surface area (Å²) in [7, 11) is 0. The average Bonchev–Trinajstić information content (AvgIpc) is 2.68. The first-order valence-electron chi connectivity index (χ1n) is 6.52. The molecule has 1 aromatic heterocycles. The van der Waals surface area contributed by atoms with E-state index in [-0.39, 0.29) is 0 Å². The van der Waals surface area contributed by atoms with Crippen molar-refractivity contribution in [3.05, 3.63) is 5.82 Å². The normalized spacial score (nSPS) is 21.9. The molecule has 0 aromatic carbocycles. The Morgan fingerprint density at radius 1 is 1.41 bits per heavy atom. The van der Waals surface area contributed by atoms with E-state index in [1.807, 2.05) is 0 Å². The van der Waals surface area contributed by atoms with E-state index in [9.17, 15) is 0 Å². The fourth-order valence-corrected chi connectivity index (χ4v) is 3.16. The number of anilines is 1. The zero-order valence-electron chi connectivity index (χ0n) is 10.7. The Morgan fingerprint density at radius 3 is 2.88 bits per heavy atom. The van der Waals surface area contributed by atoms with Crippen molar-refractivity contribution in [2.75, 3.05) is 18.0 Å². The van der Waals surface area contributed by atoms with E-state index in [0.29, 0.717) is 12.0 Å². The first kappa shape index (κ1) is 12.8. The molecule has 17 heavy (non-hydrogen) atoms. The summed E-state index contributed by atoms with van der Waals surface area (Å²) in [5, 5.41) is 1.06. The smallest absolute Gasteiger partial charge is 0.205 e. The number of nitrogens with two attached hydrogens (primary N) is 1. The van der Waals surface area contributed by atoms with E-state index < -0.39 is 0 Å². The van der Waals surface area contributed by atoms with Gasteiger partial charge in [-0.2, -0.15) is 4.37 Å². The lowest BCUT2D eigenvalue weighted by Gasteiger charge is -2.28. The van der Waals surface area contributed by atoms with Gasteiger partial charge < -0.3 is 10.6 Å². The molecule has 0 aliphatic carbocycles. The molecular weight excluding hydrogens is 232 g/mol. The number of nitrogens with zero attached hydrogens (tertiary/aromatic N) is 3. The van der Waals surface area contributed by atoms with Gasteiger partial charge in [0.1, 0.15) is 5.82 Å². The highest BCUT2D eigenvalue weighted by atomic mass is 32.1. The molecule has 1 unspecified atom stereocenters. The molecule has 0 radical (unpaired) electrons. The Balaban J connectivity index is 2.16. The van der Waals surface area contributed by atoms with Crippen LogP contribution in [-0.4, -0.2) is 28.5 Å². The number of rotatable bonds is 3. The van der Waals surface area contributed by atoms with Crippen molar-refractivity contribution >= 4 is 16.7 Å². The molecule has 2 rings (SSSR count). The highest BCUT2D eigenvalue weighted by Gasteiger charge is 2.23. The Hall–Kier alpha value is -0.680. The van der Waals surface area contributed by atoms with Gasteiger partial charge in [-0.05, 0) is 12.8 Å². The standard InChI is InChI=1S/C12H22N4S/c1-9(2)11-14-12(17-15-11)16-7-5-3-4-6-10(16)8-13/h9-10H,3-8,13H2,1-2H3. The minimum Gasteiger partial charge on any atom is -0.343 e. The zero-order valence-corrected chi connectivity index (χ0v) is 11.5. The highest BCUT2D eigenvalue weighted by molar-refractivity contribution is 7.09. The van der Waals surface area contributed by atoms with Gasteiger partial charge in [0.2, 0.25) is 5.13 Å². The van der Waals surface area contributed by atoms with E-state index in [4.69, 9.17) is 5.73 Å². The van der Waals surface area contributed by atoms with E-state index in [2.05, 4.69) is 28.1 Å². The molecule has 0 amide bonds. The molecule has 0 bridgehead atoms. The van der Waals surface area contributed by atoms with E-state index in [1.165, 1.54) is 37.2 Å². The van der Waals surface area contributed by atoms with Crippen LogP contribution in [0.2, 0.25) is 0 Å². The maximum Gasteiger partial charge on any atom is 0.205 e. The SMILES string of the molecule is CC(C)c1nsc(N2CCCCCC2CN)n1. The van der Waals surface area contributed by atoms with Crippen molar-refractivity contribution in [1.29, 1.82) is 0 Å². The third-order valence-corrected chi connectivity index (χ3v) is 4.11. The maximum atomic E-state index is 5.88. The first-order chi connectivity index (χ1) is 8.22. The quantitative estimate of drug-likeness (QED) is 0.899. The predicted molar refractivity (Wildman–Crippen MR) is 72.7 cm³/mol. The van der Waals surface area contributed by atoms with Gasteiger partial charge in [0.05, 0.1) is 0 Å². The molecule has 1 aromatic rings. The van der Waals surface area contributed by atoms with E-state index in [0.717, 1.165) is 24.0 Å². The molecule has 5 heteroatoms. The molecule has 1 fully saturated rings. The summed E-state index contributed by atoms with van der Waals surface area (Å²) < 4.78 is 4.44. The van der Waals surface area contributed by atoms with Gasteiger partial charge in [0, 0.05) is 36.6 Å². The van der Waals surface area contributed by atoms with Gasteiger partial charge in [0.25, 0.3) is 0 Å². The van der Waals surface area contributed by atoms with Crippen molar-refractivity contribution < 1.29 is 0 Å². The van der Waals surface area contributed by atoms with Gasteiger partial charge in [-0.3, -0.25) is 0 Å². The van der Waals surface area contributed by atoms with Crippen LogP contribution in [0, 0.1) is 0 Å². The van der Waals surface area contributed by atoms with Crippen molar-refractivity contribution in [2.45, 2.75) is 51.5 Å². The predicted octanol–water partition coefficient (Wildman–Crippen LogP) is 2.37. The molecule has 1 aliphatic heterocycles. The number of hydrogen-bond donors (Lipinski definition) is 1. The fraction of sp³-hybridized carbons (Fsp3) is 0.833. The largest absolute Gasteiger partial charge is 0.343 e. The van der Waals surface area contributed by atoms with Crippen LogP contribution in [0.4, 0.5) is 5.13 Å². The lowest BCUT2D eigenvalue weighted by molar-refractivity contribution is 0.578. The van der Waals surface area contributed by atoms with Crippen LogP contribution in [0.5, 0.6) is 0 Å². The lowest BCUT2D eigenvalue weighted by atomic mass is 10.1. The van der Waals surface area contributed by atoms with Gasteiger partial charge in [0.15, 0.2) is 0 Å². The first-order valence-corrected chi connectivity index (χ1v) is 7.30. The maximum absolute atomic E-state index is 5.88. The van der Waals surface area contributed by atoms with Gasteiger partial charge in [-0.15, -0.1) is 0 Å². The summed E-state index contributed by atoms with van der Waals surface area (Å²) in [6.07, 6.45) is 5.03. The Morgan fingerprint density at radius 2 is 2.24 bits per heavy atom. The average molecular weight is 254 g/mol.